The topological polar surface area (TPSA) is 572 Å². The normalized spacial score (nSPS) is 53.6. The van der Waals surface area contributed by atoms with Crippen molar-refractivity contribution in [1.82, 2.24) is 0 Å². The average Bonchev–Trinajstić information content (AvgIpc) is 3.36. The largest absolute Gasteiger partial charge is 0.394 e. The molecule has 28 N–H and O–H groups in total. The zero-order valence-electron chi connectivity index (χ0n) is 38.5. The molecule has 0 aromatic rings. The van der Waals surface area contributed by atoms with E-state index in [0.29, 0.717) is 0 Å². The highest BCUT2D eigenvalue weighted by atomic mass is 35.5. The van der Waals surface area contributed by atoms with Gasteiger partial charge in [-0.25, -0.2) is 0 Å². The molecular formula is C39H73ClN6O26. The Morgan fingerprint density at radius 3 is 1.17 bits per heavy atom. The molecule has 0 aliphatic carbocycles. The van der Waals surface area contributed by atoms with Crippen LogP contribution in [0.4, 0.5) is 0 Å². The maximum Gasteiger partial charge on any atom is 0.197 e. The Balaban J connectivity index is 1.14. The molecule has 4 unspecified atom stereocenters. The van der Waals surface area contributed by atoms with Gasteiger partial charge in [0.15, 0.2) is 42.8 Å². The maximum atomic E-state index is 11.5. The van der Waals surface area contributed by atoms with Gasteiger partial charge in [-0.15, -0.1) is 0 Å². The lowest BCUT2D eigenvalue weighted by molar-refractivity contribution is -0.368. The summed E-state index contributed by atoms with van der Waals surface area (Å²) in [4.78, 5) is 0. The maximum absolute atomic E-state index is 11.5. The third-order valence-electron chi connectivity index (χ3n) is 14.5. The second-order valence-electron chi connectivity index (χ2n) is 19.0. The van der Waals surface area contributed by atoms with Crippen LogP contribution in [0.5, 0.6) is 0 Å². The van der Waals surface area contributed by atoms with Crippen LogP contribution >= 0.6 is 11.6 Å². The third kappa shape index (κ3) is 11.3. The standard InChI is InChI=1S/C39H73ClN6O26/c40-39(62)29(58)19(46)36(70-28-13(7-50)66-34(17(44)23(28)56)68-26-11(5-48)64-32(61)15(42)21(26)54)72-38(39,9-52)3-1-2-37(8-51)30(59)24(57)18(45)35(71-37)69-27-12(6-49)65-33(16(43)22(27)55)67-25-10(4-47)63-31(60)14(41)20(25)53/h10-36,47-62H,1-9,41-46H2/t10-,11-,12-,13-,14-,15-,16-,17-,18-,19-,20-,21-,22-,23-,24-,25?,26?,27?,28?,29-,30+,31-,32-,33+,34+,35+,36+,37-,38-,39-/m1/s1. The summed E-state index contributed by atoms with van der Waals surface area (Å²) in [6.45, 7) is -5.62. The van der Waals surface area contributed by atoms with Crippen LogP contribution in [0.2, 0.25) is 0 Å². The van der Waals surface area contributed by atoms with Crippen LogP contribution in [0.1, 0.15) is 19.3 Å². The Hall–Kier alpha value is -0.990. The van der Waals surface area contributed by atoms with E-state index in [1.54, 1.807) is 0 Å². The second-order valence-corrected chi connectivity index (χ2v) is 19.6. The smallest absolute Gasteiger partial charge is 0.197 e. The summed E-state index contributed by atoms with van der Waals surface area (Å²) in [5.41, 5.74) is 31.9. The van der Waals surface area contributed by atoms with E-state index < -0.39 is 234 Å². The van der Waals surface area contributed by atoms with Crippen molar-refractivity contribution in [2.45, 2.75) is 201 Å². The van der Waals surface area contributed by atoms with Crippen molar-refractivity contribution in [3.63, 3.8) is 0 Å². The molecule has 6 rings (SSSR count). The highest BCUT2D eigenvalue weighted by molar-refractivity contribution is 6.24. The fraction of sp³-hybridized carbons (Fsp3) is 1.00. The molecule has 6 aliphatic heterocycles. The number of hydrogen-bond donors (Lipinski definition) is 22. The monoisotopic (exact) mass is 1080 g/mol. The van der Waals surface area contributed by atoms with Gasteiger partial charge in [0, 0.05) is 0 Å². The molecule has 0 radical (unpaired) electrons. The van der Waals surface area contributed by atoms with Crippen LogP contribution in [0.3, 0.4) is 0 Å². The molecule has 33 heteroatoms. The number of aliphatic hydroxyl groups is 16. The molecular weight excluding hydrogens is 1000 g/mol. The Bertz CT molecular complexity index is 1710. The summed E-state index contributed by atoms with van der Waals surface area (Å²) in [5, 5.41) is 169. The number of aliphatic hydroxyl groups excluding tert-OH is 15. The van der Waals surface area contributed by atoms with E-state index in [1.165, 1.54) is 0 Å². The number of ether oxygens (including phenoxy) is 10. The minimum atomic E-state index is -2.94. The van der Waals surface area contributed by atoms with E-state index in [9.17, 15) is 81.7 Å². The van der Waals surface area contributed by atoms with Gasteiger partial charge >= 0.3 is 0 Å². The summed E-state index contributed by atoms with van der Waals surface area (Å²) in [7, 11) is 0. The fourth-order valence-electron chi connectivity index (χ4n) is 9.82. The van der Waals surface area contributed by atoms with Gasteiger partial charge in [-0.2, -0.15) is 0 Å². The van der Waals surface area contributed by atoms with Crippen LogP contribution in [-0.2, 0) is 47.4 Å². The third-order valence-corrected chi connectivity index (χ3v) is 15.1. The number of nitrogens with two attached hydrogens (primary N) is 6. The van der Waals surface area contributed by atoms with E-state index in [-0.39, 0.29) is 6.42 Å². The molecule has 6 heterocycles. The first-order valence-corrected chi connectivity index (χ1v) is 23.5. The molecule has 32 nitrogen and oxygen atoms in total. The SMILES string of the molecule is N[C@H]1[C@@H](OC2[C@@H](CO)O[C@@H](OC3[C@@H](CO)O[C@@H](O)[C@H](N)[C@H]3O)[C@H](N)[C@H]2O)O[C@@](CO)(CCC[C@]2(CO)O[C@H](OC3[C@@H](CO)O[C@@H](OC4[C@@H](CO)O[C@@H](O)[C@H](N)[C@H]4O)[C@H](N)[C@H]3O)[C@H](N)[C@@H](O)[C@]2(O)Cl)[C@@H](O)[C@@H]1O. The molecule has 72 heavy (non-hydrogen) atoms. The zero-order valence-corrected chi connectivity index (χ0v) is 39.3. The summed E-state index contributed by atoms with van der Waals surface area (Å²) >= 11 is 6.50. The lowest BCUT2D eigenvalue weighted by Gasteiger charge is -2.54. The van der Waals surface area contributed by atoms with Crippen molar-refractivity contribution in [2.24, 2.45) is 34.4 Å². The lowest BCUT2D eigenvalue weighted by atomic mass is 9.78. The summed E-state index contributed by atoms with van der Waals surface area (Å²) in [5.74, 6) is 0. The van der Waals surface area contributed by atoms with E-state index in [0.717, 1.165) is 0 Å². The van der Waals surface area contributed by atoms with Crippen molar-refractivity contribution >= 4 is 11.6 Å². The van der Waals surface area contributed by atoms with Crippen molar-refractivity contribution in [1.29, 1.82) is 0 Å². The molecule has 422 valence electrons. The molecule has 0 aromatic heterocycles. The van der Waals surface area contributed by atoms with Crippen molar-refractivity contribution < 1.29 is 129 Å². The van der Waals surface area contributed by atoms with Crippen molar-refractivity contribution in [2.75, 3.05) is 39.6 Å². The highest BCUT2D eigenvalue weighted by Gasteiger charge is 2.64. The van der Waals surface area contributed by atoms with Crippen molar-refractivity contribution in [3.8, 4) is 0 Å². The van der Waals surface area contributed by atoms with Gasteiger partial charge < -0.3 is 163 Å². The average molecular weight is 1080 g/mol. The fourth-order valence-corrected chi connectivity index (χ4v) is 10.2. The van der Waals surface area contributed by atoms with Gasteiger partial charge in [0.1, 0.15) is 103 Å². The quantitative estimate of drug-likeness (QED) is 0.0567. The minimum Gasteiger partial charge on any atom is -0.394 e. The first kappa shape index (κ1) is 60.2. The predicted molar refractivity (Wildman–Crippen MR) is 231 cm³/mol. The lowest BCUT2D eigenvalue weighted by Crippen LogP contribution is -2.75. The number of halogens is 1. The number of alkyl halides is 1. The molecule has 0 saturated carbocycles. The molecule has 0 aromatic carbocycles. The molecule has 6 saturated heterocycles. The molecule has 0 spiro atoms. The van der Waals surface area contributed by atoms with Crippen LogP contribution < -0.4 is 34.4 Å². The van der Waals surface area contributed by atoms with E-state index in [4.69, 9.17) is 93.4 Å². The number of hydrogen-bond acceptors (Lipinski definition) is 32. The van der Waals surface area contributed by atoms with Gasteiger partial charge in [0.2, 0.25) is 0 Å². The van der Waals surface area contributed by atoms with Gasteiger partial charge in [0.05, 0.1) is 75.9 Å². The Kier molecular flexibility index (Phi) is 20.4. The van der Waals surface area contributed by atoms with Crippen LogP contribution in [0.25, 0.3) is 0 Å². The second kappa shape index (κ2) is 24.4. The predicted octanol–water partition coefficient (Wildman–Crippen LogP) is -13.9. The minimum absolute atomic E-state index is 0.383. The van der Waals surface area contributed by atoms with E-state index in [1.807, 2.05) is 0 Å². The molecule has 0 bridgehead atoms. The Labute approximate surface area is 415 Å². The molecule has 30 atom stereocenters. The molecule has 6 fully saturated rings. The molecule has 6 aliphatic rings. The highest BCUT2D eigenvalue weighted by Crippen LogP contribution is 2.46. The number of rotatable bonds is 18. The first-order chi connectivity index (χ1) is 33.8. The zero-order chi connectivity index (χ0) is 53.5. The van der Waals surface area contributed by atoms with Gasteiger partial charge in [0.25, 0.3) is 0 Å². The van der Waals surface area contributed by atoms with E-state index in [2.05, 4.69) is 0 Å². The summed E-state index contributed by atoms with van der Waals surface area (Å²) < 4.78 is 57.4. The molecule has 0 amide bonds. The van der Waals surface area contributed by atoms with Crippen LogP contribution in [0, 0.1) is 0 Å². The van der Waals surface area contributed by atoms with Crippen LogP contribution in [0.15, 0.2) is 0 Å². The van der Waals surface area contributed by atoms with E-state index >= 15 is 0 Å². The summed E-state index contributed by atoms with van der Waals surface area (Å²) in [6.07, 6.45) is -37.0. The Morgan fingerprint density at radius 2 is 0.778 bits per heavy atom. The first-order valence-electron chi connectivity index (χ1n) is 23.2. The summed E-state index contributed by atoms with van der Waals surface area (Å²) in [6, 6.07) is -9.33. The van der Waals surface area contributed by atoms with Crippen molar-refractivity contribution in [3.05, 3.63) is 0 Å². The van der Waals surface area contributed by atoms with Gasteiger partial charge in [-0.1, -0.05) is 11.6 Å². The van der Waals surface area contributed by atoms with Crippen LogP contribution in [-0.4, -0.2) is 303 Å². The van der Waals surface area contributed by atoms with Gasteiger partial charge in [-0.3, -0.25) is 0 Å². The van der Waals surface area contributed by atoms with Gasteiger partial charge in [-0.05, 0) is 19.3 Å². The Morgan fingerprint density at radius 1 is 0.417 bits per heavy atom.